The van der Waals surface area contributed by atoms with Crippen LogP contribution in [0, 0.1) is 0 Å². The average Bonchev–Trinajstić information content (AvgIpc) is 2.66. The summed E-state index contributed by atoms with van der Waals surface area (Å²) in [5.41, 5.74) is 7.47. The standard InChI is InChI=1S/C20H18F3N3O2S/c1-29(27,28)14-8-6-13(7-9-14)17-12-18(15-4-2-3-5-16(15)26-17)25-11-10-19(24)20(21,22)23/h2-12,19H,24H2,1H3,(H,25,26)/b11-10-. The summed E-state index contributed by atoms with van der Waals surface area (Å²) in [7, 11) is -3.32. The van der Waals surface area contributed by atoms with Crippen LogP contribution in [0.2, 0.25) is 0 Å². The van der Waals surface area contributed by atoms with Gasteiger partial charge < -0.3 is 11.1 Å². The third-order valence-electron chi connectivity index (χ3n) is 4.21. The quantitative estimate of drug-likeness (QED) is 0.647. The lowest BCUT2D eigenvalue weighted by atomic mass is 10.1. The van der Waals surface area contributed by atoms with E-state index in [2.05, 4.69) is 10.3 Å². The van der Waals surface area contributed by atoms with E-state index in [0.717, 1.165) is 18.5 Å². The van der Waals surface area contributed by atoms with Crippen LogP contribution in [-0.4, -0.2) is 31.9 Å². The molecule has 0 saturated carbocycles. The fourth-order valence-electron chi connectivity index (χ4n) is 2.67. The molecule has 0 spiro atoms. The second kappa shape index (κ2) is 7.84. The fraction of sp³-hybridized carbons (Fsp3) is 0.150. The van der Waals surface area contributed by atoms with Gasteiger partial charge in [0, 0.05) is 22.9 Å². The van der Waals surface area contributed by atoms with Gasteiger partial charge in [-0.3, -0.25) is 0 Å². The highest BCUT2D eigenvalue weighted by Crippen LogP contribution is 2.29. The zero-order valence-electron chi connectivity index (χ0n) is 15.3. The van der Waals surface area contributed by atoms with Gasteiger partial charge in [-0.05, 0) is 36.5 Å². The van der Waals surface area contributed by atoms with E-state index >= 15 is 0 Å². The predicted octanol–water partition coefficient (Wildman–Crippen LogP) is 4.12. The van der Waals surface area contributed by atoms with Crippen molar-refractivity contribution >= 4 is 26.4 Å². The molecule has 1 unspecified atom stereocenters. The zero-order valence-corrected chi connectivity index (χ0v) is 16.1. The number of rotatable bonds is 5. The Morgan fingerprint density at radius 3 is 2.38 bits per heavy atom. The van der Waals surface area contributed by atoms with Gasteiger partial charge in [0.2, 0.25) is 0 Å². The number of hydrogen-bond donors (Lipinski definition) is 2. The minimum atomic E-state index is -4.52. The number of hydrogen-bond acceptors (Lipinski definition) is 5. The fourth-order valence-corrected chi connectivity index (χ4v) is 3.30. The maximum absolute atomic E-state index is 12.6. The Balaban J connectivity index is 1.99. The third kappa shape index (κ3) is 4.93. The van der Waals surface area contributed by atoms with Crippen molar-refractivity contribution in [3.63, 3.8) is 0 Å². The number of anilines is 1. The van der Waals surface area contributed by atoms with Gasteiger partial charge in [-0.2, -0.15) is 13.2 Å². The minimum Gasteiger partial charge on any atom is -0.361 e. The molecule has 0 saturated heterocycles. The van der Waals surface area contributed by atoms with Gasteiger partial charge in [-0.15, -0.1) is 0 Å². The van der Waals surface area contributed by atoms with Crippen LogP contribution in [0.3, 0.4) is 0 Å². The molecule has 0 radical (unpaired) electrons. The van der Waals surface area contributed by atoms with Crippen molar-refractivity contribution < 1.29 is 21.6 Å². The average molecular weight is 421 g/mol. The van der Waals surface area contributed by atoms with Crippen LogP contribution in [0.4, 0.5) is 18.9 Å². The van der Waals surface area contributed by atoms with Gasteiger partial charge in [0.25, 0.3) is 0 Å². The van der Waals surface area contributed by atoms with Crippen LogP contribution >= 0.6 is 0 Å². The lowest BCUT2D eigenvalue weighted by Gasteiger charge is -2.12. The van der Waals surface area contributed by atoms with E-state index in [9.17, 15) is 21.6 Å². The molecule has 0 aliphatic carbocycles. The number of nitrogens with one attached hydrogen (secondary N) is 1. The first-order valence-corrected chi connectivity index (χ1v) is 10.4. The molecule has 3 N–H and O–H groups in total. The smallest absolute Gasteiger partial charge is 0.361 e. The molecule has 0 aliphatic rings. The molecule has 0 amide bonds. The summed E-state index contributed by atoms with van der Waals surface area (Å²) in [5.74, 6) is 0. The third-order valence-corrected chi connectivity index (χ3v) is 5.34. The topological polar surface area (TPSA) is 85.1 Å². The zero-order chi connectivity index (χ0) is 21.2. The highest BCUT2D eigenvalue weighted by Gasteiger charge is 2.34. The number of aromatic nitrogens is 1. The number of pyridine rings is 1. The van der Waals surface area contributed by atoms with Crippen LogP contribution in [0.1, 0.15) is 0 Å². The summed E-state index contributed by atoms with van der Waals surface area (Å²) in [6.45, 7) is 0. The molecule has 3 rings (SSSR count). The van der Waals surface area contributed by atoms with Crippen molar-refractivity contribution in [2.75, 3.05) is 11.6 Å². The molecule has 0 aliphatic heterocycles. The number of para-hydroxylation sites is 1. The molecule has 29 heavy (non-hydrogen) atoms. The number of sulfone groups is 1. The SMILES string of the molecule is CS(=O)(=O)c1ccc(-c2cc(N/C=C\C(N)C(F)(F)F)c3ccccc3n2)cc1. The molecule has 0 fully saturated rings. The number of alkyl halides is 3. The normalized spacial score (nSPS) is 13.7. The van der Waals surface area contributed by atoms with Crippen LogP contribution < -0.4 is 11.1 Å². The maximum Gasteiger partial charge on any atom is 0.407 e. The van der Waals surface area contributed by atoms with Gasteiger partial charge in [0.15, 0.2) is 9.84 Å². The van der Waals surface area contributed by atoms with E-state index in [1.165, 1.54) is 12.1 Å². The summed E-state index contributed by atoms with van der Waals surface area (Å²) in [4.78, 5) is 4.75. The molecule has 0 bridgehead atoms. The minimum absolute atomic E-state index is 0.185. The lowest BCUT2D eigenvalue weighted by molar-refractivity contribution is -0.136. The lowest BCUT2D eigenvalue weighted by Crippen LogP contribution is -2.35. The van der Waals surface area contributed by atoms with E-state index < -0.39 is 22.1 Å². The van der Waals surface area contributed by atoms with Gasteiger partial charge in [-0.25, -0.2) is 13.4 Å². The van der Waals surface area contributed by atoms with Crippen molar-refractivity contribution in [3.05, 3.63) is 66.9 Å². The first-order valence-electron chi connectivity index (χ1n) is 8.51. The predicted molar refractivity (Wildman–Crippen MR) is 107 cm³/mol. The molecule has 1 atom stereocenters. The Morgan fingerprint density at radius 1 is 1.10 bits per heavy atom. The Morgan fingerprint density at radius 2 is 1.76 bits per heavy atom. The molecule has 3 aromatic rings. The molecular weight excluding hydrogens is 403 g/mol. The summed E-state index contributed by atoms with van der Waals surface area (Å²) in [5, 5.41) is 3.56. The molecular formula is C20H18F3N3O2S. The van der Waals surface area contributed by atoms with Crippen LogP contribution in [-0.2, 0) is 9.84 Å². The van der Waals surface area contributed by atoms with Crippen molar-refractivity contribution in [1.29, 1.82) is 0 Å². The Labute approximate surface area is 166 Å². The molecule has 5 nitrogen and oxygen atoms in total. The van der Waals surface area contributed by atoms with E-state index in [1.54, 1.807) is 42.5 Å². The molecule has 1 heterocycles. The van der Waals surface area contributed by atoms with Gasteiger partial charge >= 0.3 is 6.18 Å². The van der Waals surface area contributed by atoms with Crippen molar-refractivity contribution in [3.8, 4) is 11.3 Å². The van der Waals surface area contributed by atoms with Crippen molar-refractivity contribution in [2.24, 2.45) is 5.73 Å². The van der Waals surface area contributed by atoms with E-state index in [1.807, 2.05) is 0 Å². The summed E-state index contributed by atoms with van der Waals surface area (Å²) in [6, 6.07) is 13.0. The first kappa shape index (κ1) is 20.8. The Hall–Kier alpha value is -2.91. The highest BCUT2D eigenvalue weighted by atomic mass is 32.2. The molecule has 9 heteroatoms. The van der Waals surface area contributed by atoms with E-state index in [-0.39, 0.29) is 4.90 Å². The van der Waals surface area contributed by atoms with Gasteiger partial charge in [-0.1, -0.05) is 30.3 Å². The van der Waals surface area contributed by atoms with Gasteiger partial charge in [0.1, 0.15) is 6.04 Å². The van der Waals surface area contributed by atoms with Gasteiger partial charge in [0.05, 0.1) is 16.1 Å². The molecule has 152 valence electrons. The highest BCUT2D eigenvalue weighted by molar-refractivity contribution is 7.90. The largest absolute Gasteiger partial charge is 0.407 e. The monoisotopic (exact) mass is 421 g/mol. The molecule has 2 aromatic carbocycles. The van der Waals surface area contributed by atoms with Crippen LogP contribution in [0.25, 0.3) is 22.2 Å². The van der Waals surface area contributed by atoms with Crippen LogP contribution in [0.5, 0.6) is 0 Å². The Bertz CT molecular complexity index is 1160. The van der Waals surface area contributed by atoms with Crippen LogP contribution in [0.15, 0.2) is 71.8 Å². The van der Waals surface area contributed by atoms with Crippen molar-refractivity contribution in [1.82, 2.24) is 4.98 Å². The van der Waals surface area contributed by atoms with E-state index in [0.29, 0.717) is 27.8 Å². The number of nitrogens with zero attached hydrogens (tertiary/aromatic N) is 1. The summed E-state index contributed by atoms with van der Waals surface area (Å²) >= 11 is 0. The van der Waals surface area contributed by atoms with E-state index in [4.69, 9.17) is 5.73 Å². The number of nitrogens with two attached hydrogens (primary N) is 1. The Kier molecular flexibility index (Phi) is 5.63. The molecule has 1 aromatic heterocycles. The first-order chi connectivity index (χ1) is 13.6. The maximum atomic E-state index is 12.6. The van der Waals surface area contributed by atoms with Crippen molar-refractivity contribution in [2.45, 2.75) is 17.1 Å². The number of halogens is 3. The number of benzene rings is 2. The summed E-state index contributed by atoms with van der Waals surface area (Å²) in [6.07, 6.45) is -1.42. The number of fused-ring (bicyclic) bond motifs is 1. The second-order valence-corrected chi connectivity index (χ2v) is 8.46. The second-order valence-electron chi connectivity index (χ2n) is 6.44. The summed E-state index contributed by atoms with van der Waals surface area (Å²) < 4.78 is 61.0.